The van der Waals surface area contributed by atoms with E-state index in [0.29, 0.717) is 12.1 Å². The smallest absolute Gasteiger partial charge is 0.111 e. The van der Waals surface area contributed by atoms with Gasteiger partial charge in [-0.15, -0.1) is 0 Å². The first-order chi connectivity index (χ1) is 10.2. The van der Waals surface area contributed by atoms with Gasteiger partial charge in [-0.2, -0.15) is 0 Å². The molecule has 0 bridgehead atoms. The van der Waals surface area contributed by atoms with Gasteiger partial charge >= 0.3 is 0 Å². The summed E-state index contributed by atoms with van der Waals surface area (Å²) >= 11 is 0. The van der Waals surface area contributed by atoms with E-state index >= 15 is 0 Å². The van der Waals surface area contributed by atoms with Crippen LogP contribution in [0.2, 0.25) is 0 Å². The molecule has 0 aliphatic heterocycles. The first-order valence-electron chi connectivity index (χ1n) is 8.35. The fourth-order valence-electron chi connectivity index (χ4n) is 3.02. The molecule has 0 spiro atoms. The van der Waals surface area contributed by atoms with Gasteiger partial charge in [-0.25, -0.2) is 4.98 Å². The molecule has 0 aliphatic rings. The molecule has 1 N–H and O–H groups in total. The van der Waals surface area contributed by atoms with Crippen molar-refractivity contribution in [2.45, 2.75) is 72.0 Å². The summed E-state index contributed by atoms with van der Waals surface area (Å²) in [5.74, 6) is 1.22. The van der Waals surface area contributed by atoms with Gasteiger partial charge in [0.2, 0.25) is 0 Å². The lowest BCUT2D eigenvalue weighted by Crippen LogP contribution is -2.37. The van der Waals surface area contributed by atoms with Crippen molar-refractivity contribution < 1.29 is 0 Å². The van der Waals surface area contributed by atoms with Crippen molar-refractivity contribution in [3.05, 3.63) is 30.1 Å². The third kappa shape index (κ3) is 4.07. The molecule has 0 fully saturated rings. The zero-order valence-electron chi connectivity index (χ0n) is 13.9. The highest BCUT2D eigenvalue weighted by Crippen LogP contribution is 2.18. The minimum atomic E-state index is 0.520. The Morgan fingerprint density at radius 1 is 1.19 bits per heavy atom. The van der Waals surface area contributed by atoms with Gasteiger partial charge in [0.15, 0.2) is 0 Å². The van der Waals surface area contributed by atoms with Gasteiger partial charge in [-0.1, -0.05) is 45.7 Å². The molecule has 0 radical (unpaired) electrons. The van der Waals surface area contributed by atoms with Crippen LogP contribution in [0.5, 0.6) is 0 Å². The number of aryl methyl sites for hydroxylation is 1. The van der Waals surface area contributed by atoms with Crippen molar-refractivity contribution >= 4 is 11.0 Å². The molecule has 1 aromatic heterocycles. The number of imidazole rings is 1. The zero-order chi connectivity index (χ0) is 15.2. The van der Waals surface area contributed by atoms with Crippen molar-refractivity contribution in [1.82, 2.24) is 14.9 Å². The number of benzene rings is 1. The Labute approximate surface area is 128 Å². The lowest BCUT2D eigenvalue weighted by Gasteiger charge is -2.21. The first-order valence-corrected chi connectivity index (χ1v) is 8.35. The van der Waals surface area contributed by atoms with Crippen molar-refractivity contribution in [3.63, 3.8) is 0 Å². The lowest BCUT2D eigenvalue weighted by molar-refractivity contribution is 0.415. The van der Waals surface area contributed by atoms with Gasteiger partial charge < -0.3 is 9.88 Å². The Bertz CT molecular complexity index is 557. The Balaban J connectivity index is 2.22. The predicted molar refractivity (Wildman–Crippen MR) is 90.7 cm³/mol. The minimum Gasteiger partial charge on any atom is -0.328 e. The van der Waals surface area contributed by atoms with Crippen LogP contribution in [-0.4, -0.2) is 21.6 Å². The highest BCUT2D eigenvalue weighted by molar-refractivity contribution is 5.75. The van der Waals surface area contributed by atoms with Gasteiger partial charge in [0.1, 0.15) is 5.82 Å². The van der Waals surface area contributed by atoms with Gasteiger partial charge in [0.05, 0.1) is 11.0 Å². The number of nitrogens with zero attached hydrogens (tertiary/aromatic N) is 2. The average molecular weight is 287 g/mol. The molecule has 0 saturated carbocycles. The topological polar surface area (TPSA) is 29.9 Å². The standard InChI is InChI=1S/C18H29N3/c1-5-7-10-15(19-14(3)4)13-18-20-16-11-8-9-12-17(16)21(18)6-2/h8-9,11-12,14-15,19H,5-7,10,13H2,1-4H3. The normalized spacial score (nSPS) is 13.2. The molecule has 0 aliphatic carbocycles. The number of hydrogen-bond donors (Lipinski definition) is 1. The maximum atomic E-state index is 4.86. The molecule has 1 atom stereocenters. The fourth-order valence-corrected chi connectivity index (χ4v) is 3.02. The van der Waals surface area contributed by atoms with Crippen molar-refractivity contribution in [1.29, 1.82) is 0 Å². The van der Waals surface area contributed by atoms with E-state index < -0.39 is 0 Å². The van der Waals surface area contributed by atoms with E-state index in [9.17, 15) is 0 Å². The van der Waals surface area contributed by atoms with Crippen molar-refractivity contribution in [2.75, 3.05) is 0 Å². The first kappa shape index (κ1) is 16.0. The van der Waals surface area contributed by atoms with Crippen LogP contribution in [0, 0.1) is 0 Å². The van der Waals surface area contributed by atoms with E-state index in [-0.39, 0.29) is 0 Å². The van der Waals surface area contributed by atoms with Crippen LogP contribution in [0.4, 0.5) is 0 Å². The summed E-state index contributed by atoms with van der Waals surface area (Å²) < 4.78 is 2.36. The van der Waals surface area contributed by atoms with E-state index in [2.05, 4.69) is 61.8 Å². The Kier molecular flexibility index (Phi) is 5.80. The summed E-state index contributed by atoms with van der Waals surface area (Å²) in [6.45, 7) is 9.89. The molecule has 116 valence electrons. The van der Waals surface area contributed by atoms with E-state index in [4.69, 9.17) is 4.98 Å². The number of rotatable bonds is 8. The number of para-hydroxylation sites is 2. The second-order valence-corrected chi connectivity index (χ2v) is 6.13. The van der Waals surface area contributed by atoms with Crippen molar-refractivity contribution in [2.24, 2.45) is 0 Å². The number of fused-ring (bicyclic) bond motifs is 1. The molecule has 1 aromatic carbocycles. The van der Waals surface area contributed by atoms with Crippen molar-refractivity contribution in [3.8, 4) is 0 Å². The third-order valence-corrected chi connectivity index (χ3v) is 3.95. The molecule has 3 nitrogen and oxygen atoms in total. The average Bonchev–Trinajstić information content (AvgIpc) is 2.81. The Morgan fingerprint density at radius 3 is 2.62 bits per heavy atom. The third-order valence-electron chi connectivity index (χ3n) is 3.95. The summed E-state index contributed by atoms with van der Waals surface area (Å²) in [6.07, 6.45) is 4.76. The number of unbranched alkanes of at least 4 members (excludes halogenated alkanes) is 1. The summed E-state index contributed by atoms with van der Waals surface area (Å²) in [6, 6.07) is 9.49. The molecule has 2 rings (SSSR count). The van der Waals surface area contributed by atoms with Crippen LogP contribution in [0.25, 0.3) is 11.0 Å². The molecule has 21 heavy (non-hydrogen) atoms. The van der Waals surface area contributed by atoms with Crippen LogP contribution < -0.4 is 5.32 Å². The highest BCUT2D eigenvalue weighted by atomic mass is 15.1. The van der Waals surface area contributed by atoms with Crippen LogP contribution in [-0.2, 0) is 13.0 Å². The Morgan fingerprint density at radius 2 is 1.95 bits per heavy atom. The monoisotopic (exact) mass is 287 g/mol. The van der Waals surface area contributed by atoms with Crippen LogP contribution in [0.3, 0.4) is 0 Å². The molecule has 0 saturated heterocycles. The second-order valence-electron chi connectivity index (χ2n) is 6.13. The van der Waals surface area contributed by atoms with E-state index in [1.54, 1.807) is 0 Å². The van der Waals surface area contributed by atoms with Gasteiger partial charge in [-0.05, 0) is 25.5 Å². The largest absolute Gasteiger partial charge is 0.328 e. The summed E-state index contributed by atoms with van der Waals surface area (Å²) in [4.78, 5) is 4.86. The maximum Gasteiger partial charge on any atom is 0.111 e. The Hall–Kier alpha value is -1.35. The summed E-state index contributed by atoms with van der Waals surface area (Å²) in [7, 11) is 0. The lowest BCUT2D eigenvalue weighted by atomic mass is 10.1. The number of hydrogen-bond acceptors (Lipinski definition) is 2. The SMILES string of the molecule is CCCCC(Cc1nc2ccccc2n1CC)NC(C)C. The molecule has 3 heteroatoms. The van der Waals surface area contributed by atoms with Gasteiger partial charge in [0.25, 0.3) is 0 Å². The molecular weight excluding hydrogens is 258 g/mol. The van der Waals surface area contributed by atoms with Crippen LogP contribution in [0.15, 0.2) is 24.3 Å². The van der Waals surface area contributed by atoms with Crippen LogP contribution >= 0.6 is 0 Å². The quantitative estimate of drug-likeness (QED) is 0.790. The fraction of sp³-hybridized carbons (Fsp3) is 0.611. The molecule has 1 heterocycles. The molecule has 2 aromatic rings. The highest BCUT2D eigenvalue weighted by Gasteiger charge is 2.16. The predicted octanol–water partition coefficient (Wildman–Crippen LogP) is 4.16. The van der Waals surface area contributed by atoms with Gasteiger partial charge in [-0.3, -0.25) is 0 Å². The summed E-state index contributed by atoms with van der Waals surface area (Å²) in [5.41, 5.74) is 2.38. The zero-order valence-corrected chi connectivity index (χ0v) is 13.9. The number of nitrogens with one attached hydrogen (secondary N) is 1. The van der Waals surface area contributed by atoms with E-state index in [1.807, 2.05) is 0 Å². The van der Waals surface area contributed by atoms with Gasteiger partial charge in [0, 0.05) is 25.0 Å². The maximum absolute atomic E-state index is 4.86. The second kappa shape index (κ2) is 7.60. The molecular formula is C18H29N3. The van der Waals surface area contributed by atoms with E-state index in [0.717, 1.165) is 18.5 Å². The van der Waals surface area contributed by atoms with E-state index in [1.165, 1.54) is 30.6 Å². The minimum absolute atomic E-state index is 0.520. The van der Waals surface area contributed by atoms with Crippen LogP contribution in [0.1, 0.15) is 52.8 Å². The molecule has 0 amide bonds. The molecule has 1 unspecified atom stereocenters. The number of aromatic nitrogens is 2. The summed E-state index contributed by atoms with van der Waals surface area (Å²) in [5, 5.41) is 3.71.